The van der Waals surface area contributed by atoms with Gasteiger partial charge in [-0.3, -0.25) is 9.78 Å². The highest BCUT2D eigenvalue weighted by atomic mass is 16.5. The summed E-state index contributed by atoms with van der Waals surface area (Å²) in [5, 5.41) is 3.21. The Morgan fingerprint density at radius 1 is 1.26 bits per heavy atom. The Morgan fingerprint density at radius 3 is 2.74 bits per heavy atom. The van der Waals surface area contributed by atoms with Crippen molar-refractivity contribution in [2.24, 2.45) is 0 Å². The normalized spacial score (nSPS) is 17.0. The first-order chi connectivity index (χ1) is 13.1. The third kappa shape index (κ3) is 4.97. The molecule has 1 aliphatic heterocycles. The van der Waals surface area contributed by atoms with Gasteiger partial charge in [0.05, 0.1) is 18.7 Å². The molecule has 3 heterocycles. The summed E-state index contributed by atoms with van der Waals surface area (Å²) in [6.07, 6.45) is 5.66. The smallest absolute Gasteiger partial charge is 0.228 e. The lowest BCUT2D eigenvalue weighted by Crippen LogP contribution is -2.39. The van der Waals surface area contributed by atoms with Crippen LogP contribution in [-0.2, 0) is 9.53 Å². The van der Waals surface area contributed by atoms with E-state index in [1.54, 1.807) is 19.5 Å². The van der Waals surface area contributed by atoms with Crippen molar-refractivity contribution in [1.29, 1.82) is 0 Å². The molecule has 1 fully saturated rings. The summed E-state index contributed by atoms with van der Waals surface area (Å²) in [7, 11) is 1.61. The molecule has 1 atom stereocenters. The van der Waals surface area contributed by atoms with Crippen LogP contribution in [0.25, 0.3) is 0 Å². The van der Waals surface area contributed by atoms with Crippen LogP contribution in [0.4, 0.5) is 11.8 Å². The average molecular weight is 370 g/mol. The molecule has 0 radical (unpaired) electrons. The second-order valence-electron chi connectivity index (χ2n) is 6.81. The molecule has 1 amide bonds. The van der Waals surface area contributed by atoms with Gasteiger partial charge in [0.1, 0.15) is 0 Å². The van der Waals surface area contributed by atoms with Gasteiger partial charge in [-0.05, 0) is 32.8 Å². The van der Waals surface area contributed by atoms with E-state index in [4.69, 9.17) is 4.74 Å². The summed E-state index contributed by atoms with van der Waals surface area (Å²) in [6.45, 7) is 5.73. The molecule has 1 unspecified atom stereocenters. The van der Waals surface area contributed by atoms with Gasteiger partial charge in [-0.1, -0.05) is 0 Å². The van der Waals surface area contributed by atoms with Crippen molar-refractivity contribution in [1.82, 2.24) is 24.8 Å². The van der Waals surface area contributed by atoms with Crippen LogP contribution >= 0.6 is 0 Å². The number of nitrogens with one attached hydrogen (secondary N) is 1. The molecule has 3 rings (SSSR count). The minimum absolute atomic E-state index is 0.123. The van der Waals surface area contributed by atoms with Gasteiger partial charge in [-0.25, -0.2) is 15.0 Å². The molecule has 1 aliphatic rings. The van der Waals surface area contributed by atoms with Crippen LogP contribution in [0.15, 0.2) is 18.5 Å². The van der Waals surface area contributed by atoms with E-state index < -0.39 is 0 Å². The van der Waals surface area contributed by atoms with Crippen LogP contribution in [-0.4, -0.2) is 57.5 Å². The molecule has 2 aromatic rings. The lowest BCUT2D eigenvalue weighted by molar-refractivity contribution is -0.133. The van der Waals surface area contributed by atoms with Crippen molar-refractivity contribution in [3.63, 3.8) is 0 Å². The highest BCUT2D eigenvalue weighted by Gasteiger charge is 2.27. The zero-order valence-corrected chi connectivity index (χ0v) is 16.1. The number of methoxy groups -OCH3 is 1. The maximum absolute atomic E-state index is 12.4. The summed E-state index contributed by atoms with van der Waals surface area (Å²) in [6, 6.07) is 1.92. The lowest BCUT2D eigenvalue weighted by Gasteiger charge is -2.33. The van der Waals surface area contributed by atoms with Gasteiger partial charge < -0.3 is 15.0 Å². The number of likely N-dealkylation sites (tertiary alicyclic amines) is 1. The standard InChI is InChI=1S/C19H26N6O2/c1-13-11-14(2)23-19(22-13)24-18-17(20-7-8-21-18)15-5-4-9-25(12-15)16(26)6-10-27-3/h7-8,11,15H,4-6,9-10,12H2,1-3H3,(H,21,22,23,24). The van der Waals surface area contributed by atoms with E-state index in [0.29, 0.717) is 31.3 Å². The van der Waals surface area contributed by atoms with Crippen LogP contribution in [0.2, 0.25) is 0 Å². The first-order valence-electron chi connectivity index (χ1n) is 9.23. The van der Waals surface area contributed by atoms with E-state index in [1.165, 1.54) is 0 Å². The fraction of sp³-hybridized carbons (Fsp3) is 0.526. The fourth-order valence-electron chi connectivity index (χ4n) is 3.41. The number of anilines is 2. The van der Waals surface area contributed by atoms with Crippen molar-refractivity contribution in [2.75, 3.05) is 32.1 Å². The van der Waals surface area contributed by atoms with E-state index in [1.807, 2.05) is 24.8 Å². The summed E-state index contributed by atoms with van der Waals surface area (Å²) in [5.74, 6) is 1.42. The monoisotopic (exact) mass is 370 g/mol. The zero-order valence-electron chi connectivity index (χ0n) is 16.1. The number of ether oxygens (including phenoxy) is 1. The molecule has 0 spiro atoms. The molecular formula is C19H26N6O2. The van der Waals surface area contributed by atoms with Crippen molar-refractivity contribution in [2.45, 2.75) is 39.0 Å². The Morgan fingerprint density at radius 2 is 2.00 bits per heavy atom. The maximum atomic E-state index is 12.4. The predicted molar refractivity (Wildman–Crippen MR) is 102 cm³/mol. The van der Waals surface area contributed by atoms with Crippen LogP contribution in [0.3, 0.4) is 0 Å². The number of nitrogens with zero attached hydrogens (tertiary/aromatic N) is 5. The van der Waals surface area contributed by atoms with Gasteiger partial charge in [0.25, 0.3) is 0 Å². The quantitative estimate of drug-likeness (QED) is 0.834. The summed E-state index contributed by atoms with van der Waals surface area (Å²) >= 11 is 0. The van der Waals surface area contributed by atoms with Crippen molar-refractivity contribution in [3.05, 3.63) is 35.5 Å². The highest BCUT2D eigenvalue weighted by molar-refractivity contribution is 5.76. The van der Waals surface area contributed by atoms with Gasteiger partial charge in [-0.2, -0.15) is 0 Å². The number of amides is 1. The summed E-state index contributed by atoms with van der Waals surface area (Å²) < 4.78 is 5.03. The average Bonchev–Trinajstić information content (AvgIpc) is 2.66. The number of aryl methyl sites for hydroxylation is 2. The third-order valence-corrected chi connectivity index (χ3v) is 4.62. The minimum atomic E-state index is 0.123. The van der Waals surface area contributed by atoms with E-state index >= 15 is 0 Å². The lowest BCUT2D eigenvalue weighted by atomic mass is 9.94. The first kappa shape index (κ1) is 19.2. The van der Waals surface area contributed by atoms with Gasteiger partial charge in [-0.15, -0.1) is 0 Å². The van der Waals surface area contributed by atoms with Crippen molar-refractivity contribution in [3.8, 4) is 0 Å². The largest absolute Gasteiger partial charge is 0.384 e. The summed E-state index contributed by atoms with van der Waals surface area (Å²) in [5.41, 5.74) is 2.63. The number of aromatic nitrogens is 4. The second-order valence-corrected chi connectivity index (χ2v) is 6.81. The molecule has 0 bridgehead atoms. The zero-order chi connectivity index (χ0) is 19.2. The predicted octanol–water partition coefficient (Wildman–Crippen LogP) is 2.37. The van der Waals surface area contributed by atoms with Gasteiger partial charge in [0.2, 0.25) is 11.9 Å². The Labute approximate surface area is 159 Å². The SMILES string of the molecule is COCCC(=O)N1CCCC(c2nccnc2Nc2nc(C)cc(C)n2)C1. The van der Waals surface area contributed by atoms with E-state index in [9.17, 15) is 4.79 Å². The Balaban J connectivity index is 1.77. The first-order valence-corrected chi connectivity index (χ1v) is 9.23. The second kappa shape index (κ2) is 8.85. The van der Waals surface area contributed by atoms with E-state index in [-0.39, 0.29) is 11.8 Å². The molecule has 1 saturated heterocycles. The van der Waals surface area contributed by atoms with Gasteiger partial charge >= 0.3 is 0 Å². The Hall–Kier alpha value is -2.61. The van der Waals surface area contributed by atoms with Crippen molar-refractivity contribution < 1.29 is 9.53 Å². The third-order valence-electron chi connectivity index (χ3n) is 4.62. The number of carbonyl (C=O) groups excluding carboxylic acids is 1. The molecule has 144 valence electrons. The van der Waals surface area contributed by atoms with Crippen LogP contribution in [0.5, 0.6) is 0 Å². The van der Waals surface area contributed by atoms with Crippen LogP contribution in [0.1, 0.15) is 42.3 Å². The molecular weight excluding hydrogens is 344 g/mol. The van der Waals surface area contributed by atoms with Gasteiger partial charge in [0.15, 0.2) is 5.82 Å². The number of piperidine rings is 1. The maximum Gasteiger partial charge on any atom is 0.228 e. The molecule has 0 aromatic carbocycles. The molecule has 1 N–H and O–H groups in total. The molecule has 2 aromatic heterocycles. The van der Waals surface area contributed by atoms with Gasteiger partial charge in [0, 0.05) is 49.9 Å². The molecule has 27 heavy (non-hydrogen) atoms. The topological polar surface area (TPSA) is 93.1 Å². The fourth-order valence-corrected chi connectivity index (χ4v) is 3.41. The minimum Gasteiger partial charge on any atom is -0.384 e. The summed E-state index contributed by atoms with van der Waals surface area (Å²) in [4.78, 5) is 32.1. The molecule has 8 nitrogen and oxygen atoms in total. The van der Waals surface area contributed by atoms with E-state index in [0.717, 1.165) is 36.5 Å². The Kier molecular flexibility index (Phi) is 6.28. The number of rotatable bonds is 6. The molecule has 8 heteroatoms. The number of hydrogen-bond acceptors (Lipinski definition) is 7. The van der Waals surface area contributed by atoms with Crippen LogP contribution < -0.4 is 5.32 Å². The Bertz CT molecular complexity index is 777. The van der Waals surface area contributed by atoms with Crippen LogP contribution in [0, 0.1) is 13.8 Å². The van der Waals surface area contributed by atoms with E-state index in [2.05, 4.69) is 25.3 Å². The number of hydrogen-bond donors (Lipinski definition) is 1. The number of carbonyl (C=O) groups is 1. The van der Waals surface area contributed by atoms with Crippen molar-refractivity contribution >= 4 is 17.7 Å². The molecule has 0 aliphatic carbocycles. The highest BCUT2D eigenvalue weighted by Crippen LogP contribution is 2.30. The molecule has 0 saturated carbocycles.